The number of benzene rings is 1. The van der Waals surface area contributed by atoms with Gasteiger partial charge in [-0.15, -0.1) is 24.0 Å². The van der Waals surface area contributed by atoms with Crippen LogP contribution < -0.4 is 15.4 Å². The molecular formula is C22H30FIN4O2. The molecule has 0 radical (unpaired) electrons. The molecule has 8 heteroatoms. The highest BCUT2D eigenvalue weighted by atomic mass is 127. The van der Waals surface area contributed by atoms with Crippen LogP contribution in [0.3, 0.4) is 0 Å². The van der Waals surface area contributed by atoms with Crippen LogP contribution in [0.15, 0.2) is 47.6 Å². The van der Waals surface area contributed by atoms with E-state index in [1.807, 2.05) is 13.0 Å². The molecule has 2 aromatic rings. The van der Waals surface area contributed by atoms with Gasteiger partial charge in [-0.1, -0.05) is 12.1 Å². The van der Waals surface area contributed by atoms with Crippen molar-refractivity contribution in [2.45, 2.75) is 32.7 Å². The average Bonchev–Trinajstić information content (AvgIpc) is 3.54. The van der Waals surface area contributed by atoms with E-state index in [0.717, 1.165) is 50.2 Å². The Balaban J connectivity index is 0.00000320. The molecule has 1 saturated carbocycles. The van der Waals surface area contributed by atoms with Gasteiger partial charge in [-0.3, -0.25) is 0 Å². The third-order valence-corrected chi connectivity index (χ3v) is 4.39. The number of nitrogens with one attached hydrogen (secondary N) is 2. The molecule has 30 heavy (non-hydrogen) atoms. The van der Waals surface area contributed by atoms with Gasteiger partial charge in [0.05, 0.1) is 6.54 Å². The zero-order valence-electron chi connectivity index (χ0n) is 17.3. The molecule has 0 atom stereocenters. The zero-order valence-corrected chi connectivity index (χ0v) is 19.6. The Morgan fingerprint density at radius 1 is 1.23 bits per heavy atom. The number of guanidine groups is 1. The molecular weight excluding hydrogens is 498 g/mol. The van der Waals surface area contributed by atoms with E-state index in [-0.39, 0.29) is 29.8 Å². The molecule has 3 rings (SSSR count). The lowest BCUT2D eigenvalue weighted by Gasteiger charge is -2.11. The second kappa shape index (κ2) is 13.4. The van der Waals surface area contributed by atoms with Crippen LogP contribution in [-0.2, 0) is 11.3 Å². The van der Waals surface area contributed by atoms with Crippen LogP contribution in [0.4, 0.5) is 4.39 Å². The van der Waals surface area contributed by atoms with Crippen LogP contribution in [0, 0.1) is 11.7 Å². The number of rotatable bonds is 11. The predicted molar refractivity (Wildman–Crippen MR) is 127 cm³/mol. The van der Waals surface area contributed by atoms with Crippen molar-refractivity contribution < 1.29 is 13.9 Å². The Morgan fingerprint density at radius 3 is 2.80 bits per heavy atom. The molecule has 1 aromatic carbocycles. The van der Waals surface area contributed by atoms with Gasteiger partial charge in [0, 0.05) is 44.6 Å². The third kappa shape index (κ3) is 9.25. The van der Waals surface area contributed by atoms with Crippen LogP contribution in [0.2, 0.25) is 0 Å². The van der Waals surface area contributed by atoms with Crippen molar-refractivity contribution >= 4 is 29.9 Å². The van der Waals surface area contributed by atoms with Crippen LogP contribution in [0.25, 0.3) is 0 Å². The Kier molecular flexibility index (Phi) is 10.9. The minimum atomic E-state index is -0.341. The lowest BCUT2D eigenvalue weighted by molar-refractivity contribution is 0.123. The summed E-state index contributed by atoms with van der Waals surface area (Å²) in [5, 5.41) is 6.56. The highest BCUT2D eigenvalue weighted by Crippen LogP contribution is 2.28. The van der Waals surface area contributed by atoms with Gasteiger partial charge in [-0.2, -0.15) is 0 Å². The molecule has 1 aromatic heterocycles. The van der Waals surface area contributed by atoms with Crippen LogP contribution in [0.1, 0.15) is 31.7 Å². The second-order valence-electron chi connectivity index (χ2n) is 7.06. The van der Waals surface area contributed by atoms with E-state index in [9.17, 15) is 4.39 Å². The van der Waals surface area contributed by atoms with E-state index < -0.39 is 0 Å². The van der Waals surface area contributed by atoms with Crippen molar-refractivity contribution in [3.8, 4) is 11.6 Å². The van der Waals surface area contributed by atoms with Crippen LogP contribution >= 0.6 is 24.0 Å². The summed E-state index contributed by atoms with van der Waals surface area (Å²) in [6, 6.07) is 9.65. The lowest BCUT2D eigenvalue weighted by atomic mass is 10.3. The summed E-state index contributed by atoms with van der Waals surface area (Å²) in [7, 11) is 0. The minimum Gasteiger partial charge on any atom is -0.439 e. The highest BCUT2D eigenvalue weighted by molar-refractivity contribution is 14.0. The third-order valence-electron chi connectivity index (χ3n) is 4.39. The molecule has 164 valence electrons. The normalized spacial score (nSPS) is 13.5. The summed E-state index contributed by atoms with van der Waals surface area (Å²) < 4.78 is 24.4. The smallest absolute Gasteiger partial charge is 0.219 e. The summed E-state index contributed by atoms with van der Waals surface area (Å²) in [6.45, 7) is 5.83. The molecule has 1 heterocycles. The quantitative estimate of drug-likeness (QED) is 0.195. The second-order valence-corrected chi connectivity index (χ2v) is 7.06. The molecule has 2 N–H and O–H groups in total. The topological polar surface area (TPSA) is 67.8 Å². The van der Waals surface area contributed by atoms with E-state index in [0.29, 0.717) is 18.2 Å². The Labute approximate surface area is 194 Å². The fourth-order valence-corrected chi connectivity index (χ4v) is 2.64. The van der Waals surface area contributed by atoms with E-state index >= 15 is 0 Å². The van der Waals surface area contributed by atoms with Crippen molar-refractivity contribution in [3.05, 3.63) is 54.0 Å². The zero-order chi connectivity index (χ0) is 20.3. The first kappa shape index (κ1) is 24.3. The van der Waals surface area contributed by atoms with Gasteiger partial charge >= 0.3 is 0 Å². The Hall–Kier alpha value is -1.94. The number of hydrogen-bond acceptors (Lipinski definition) is 4. The SMILES string of the molecule is CCNC(=NCc1ccc(Oc2cccc(F)c2)nc1)NCCCOCC1CC1.I. The number of aromatic nitrogens is 1. The molecule has 6 nitrogen and oxygen atoms in total. The molecule has 0 amide bonds. The summed E-state index contributed by atoms with van der Waals surface area (Å²) in [6.07, 6.45) is 5.31. The van der Waals surface area contributed by atoms with E-state index in [1.165, 1.54) is 25.0 Å². The van der Waals surface area contributed by atoms with E-state index in [1.54, 1.807) is 24.4 Å². The van der Waals surface area contributed by atoms with Crippen LogP contribution in [0.5, 0.6) is 11.6 Å². The number of ether oxygens (including phenoxy) is 2. The molecule has 1 aliphatic rings. The van der Waals surface area contributed by atoms with Crippen LogP contribution in [-0.4, -0.2) is 37.2 Å². The van der Waals surface area contributed by atoms with Gasteiger partial charge in [-0.25, -0.2) is 14.4 Å². The standard InChI is InChI=1S/C22H29FN4O2.HI/c1-2-24-22(25-11-4-12-28-16-17-7-8-17)27-15-18-9-10-21(26-14-18)29-20-6-3-5-19(23)13-20;/h3,5-6,9-10,13-14,17H,2,4,7-8,11-12,15-16H2,1H3,(H2,24,25,27);1H. The Bertz CT molecular complexity index is 785. The largest absolute Gasteiger partial charge is 0.439 e. The summed E-state index contributed by atoms with van der Waals surface area (Å²) in [5.74, 6) is 2.07. The monoisotopic (exact) mass is 528 g/mol. The average molecular weight is 528 g/mol. The number of hydrogen-bond donors (Lipinski definition) is 2. The lowest BCUT2D eigenvalue weighted by Crippen LogP contribution is -2.38. The van der Waals surface area contributed by atoms with E-state index in [2.05, 4.69) is 20.6 Å². The first-order valence-corrected chi connectivity index (χ1v) is 10.2. The van der Waals surface area contributed by atoms with Gasteiger partial charge in [0.25, 0.3) is 0 Å². The number of halogens is 2. The minimum absolute atomic E-state index is 0. The molecule has 0 bridgehead atoms. The number of aliphatic imine (C=N–C) groups is 1. The molecule has 0 spiro atoms. The van der Waals surface area contributed by atoms with Crippen molar-refractivity contribution in [3.63, 3.8) is 0 Å². The van der Waals surface area contributed by atoms with E-state index in [4.69, 9.17) is 9.47 Å². The molecule has 1 fully saturated rings. The molecule has 1 aliphatic carbocycles. The van der Waals surface area contributed by atoms with Gasteiger partial charge < -0.3 is 20.1 Å². The van der Waals surface area contributed by atoms with Gasteiger partial charge in [0.1, 0.15) is 11.6 Å². The first-order chi connectivity index (χ1) is 14.2. The summed E-state index contributed by atoms with van der Waals surface area (Å²) in [5.41, 5.74) is 0.960. The number of nitrogens with zero attached hydrogens (tertiary/aromatic N) is 2. The summed E-state index contributed by atoms with van der Waals surface area (Å²) in [4.78, 5) is 8.86. The molecule has 0 unspecified atom stereocenters. The highest BCUT2D eigenvalue weighted by Gasteiger charge is 2.20. The van der Waals surface area contributed by atoms with Crippen molar-refractivity contribution in [2.75, 3.05) is 26.3 Å². The Morgan fingerprint density at radius 2 is 2.10 bits per heavy atom. The van der Waals surface area contributed by atoms with Gasteiger partial charge in [0.2, 0.25) is 5.88 Å². The summed E-state index contributed by atoms with van der Waals surface area (Å²) >= 11 is 0. The fraction of sp³-hybridized carbons (Fsp3) is 0.455. The molecule has 0 aliphatic heterocycles. The van der Waals surface area contributed by atoms with Gasteiger partial charge in [0.15, 0.2) is 5.96 Å². The maximum atomic E-state index is 13.2. The maximum Gasteiger partial charge on any atom is 0.219 e. The van der Waals surface area contributed by atoms with Gasteiger partial charge in [-0.05, 0) is 49.8 Å². The number of pyridine rings is 1. The maximum absolute atomic E-state index is 13.2. The first-order valence-electron chi connectivity index (χ1n) is 10.2. The fourth-order valence-electron chi connectivity index (χ4n) is 2.64. The van der Waals surface area contributed by atoms with Crippen molar-refractivity contribution in [1.82, 2.24) is 15.6 Å². The molecule has 0 saturated heterocycles. The predicted octanol–water partition coefficient (Wildman–Crippen LogP) is 4.50. The van der Waals surface area contributed by atoms with Crippen molar-refractivity contribution in [2.24, 2.45) is 10.9 Å². The van der Waals surface area contributed by atoms with Crippen molar-refractivity contribution in [1.29, 1.82) is 0 Å².